The van der Waals surface area contributed by atoms with Gasteiger partial charge in [0.2, 0.25) is 11.8 Å². The molecule has 2 heterocycles. The Morgan fingerprint density at radius 1 is 1.17 bits per heavy atom. The van der Waals surface area contributed by atoms with Crippen LogP contribution in [0.1, 0.15) is 34.1 Å². The average Bonchev–Trinajstić information content (AvgIpc) is 2.64. The van der Waals surface area contributed by atoms with Gasteiger partial charge in [0, 0.05) is 64.1 Å². The molecule has 7 heteroatoms. The molecule has 1 spiro atoms. The third-order valence-corrected chi connectivity index (χ3v) is 4.62. The van der Waals surface area contributed by atoms with Crippen molar-refractivity contribution in [2.45, 2.75) is 40.2 Å². The van der Waals surface area contributed by atoms with Gasteiger partial charge in [-0.1, -0.05) is 0 Å². The maximum atomic E-state index is 12.4. The molecule has 130 valence electrons. The third kappa shape index (κ3) is 3.95. The van der Waals surface area contributed by atoms with Crippen LogP contribution in [0.2, 0.25) is 0 Å². The van der Waals surface area contributed by atoms with Gasteiger partial charge in [-0.2, -0.15) is 0 Å². The van der Waals surface area contributed by atoms with Crippen LogP contribution in [0.25, 0.3) is 0 Å². The number of carbonyl (C=O) groups excluding carboxylic acids is 3. The number of urea groups is 1. The molecule has 0 aromatic rings. The van der Waals surface area contributed by atoms with E-state index in [0.29, 0.717) is 45.7 Å². The Balaban J connectivity index is 2.22. The lowest BCUT2D eigenvalue weighted by atomic mass is 9.86. The van der Waals surface area contributed by atoms with Crippen LogP contribution in [0.5, 0.6) is 0 Å². The Kier molecular flexibility index (Phi) is 5.16. The monoisotopic (exact) mass is 324 g/mol. The van der Waals surface area contributed by atoms with Crippen LogP contribution >= 0.6 is 0 Å². The lowest BCUT2D eigenvalue weighted by Crippen LogP contribution is -2.49. The van der Waals surface area contributed by atoms with Gasteiger partial charge in [-0.15, -0.1) is 0 Å². The lowest BCUT2D eigenvalue weighted by Gasteiger charge is -2.33. The van der Waals surface area contributed by atoms with Gasteiger partial charge in [0.1, 0.15) is 0 Å². The first-order chi connectivity index (χ1) is 10.8. The van der Waals surface area contributed by atoms with Gasteiger partial charge >= 0.3 is 6.03 Å². The molecular formula is C16H28N4O3. The fourth-order valence-electron chi connectivity index (χ4n) is 3.52. The van der Waals surface area contributed by atoms with Gasteiger partial charge in [-0.3, -0.25) is 9.59 Å². The normalized spacial score (nSPS) is 25.3. The smallest absolute Gasteiger partial charge is 0.317 e. The van der Waals surface area contributed by atoms with Gasteiger partial charge in [-0.05, 0) is 20.8 Å². The highest BCUT2D eigenvalue weighted by molar-refractivity contribution is 5.81. The van der Waals surface area contributed by atoms with Gasteiger partial charge in [0.05, 0.1) is 0 Å². The van der Waals surface area contributed by atoms with Crippen LogP contribution in [0.4, 0.5) is 4.79 Å². The Morgan fingerprint density at radius 2 is 1.78 bits per heavy atom. The van der Waals surface area contributed by atoms with E-state index in [1.807, 2.05) is 25.7 Å². The fraction of sp³-hybridized carbons (Fsp3) is 0.812. The number of hydrogen-bond acceptors (Lipinski definition) is 3. The highest BCUT2D eigenvalue weighted by Gasteiger charge is 2.47. The summed E-state index contributed by atoms with van der Waals surface area (Å²) in [5.41, 5.74) is -0.358. The predicted molar refractivity (Wildman–Crippen MR) is 86.8 cm³/mol. The SMILES string of the molecule is CCN1C[C@]2(CC1=O)CN(C(C)=O)CCN(C(=O)NC(C)C)C2. The van der Waals surface area contributed by atoms with E-state index in [2.05, 4.69) is 5.32 Å². The molecule has 0 aliphatic carbocycles. The van der Waals surface area contributed by atoms with Gasteiger partial charge in [-0.25, -0.2) is 4.79 Å². The van der Waals surface area contributed by atoms with Crippen molar-refractivity contribution < 1.29 is 14.4 Å². The summed E-state index contributed by atoms with van der Waals surface area (Å²) in [6.07, 6.45) is 0.399. The second kappa shape index (κ2) is 6.76. The standard InChI is InChI=1S/C16H28N4O3/c1-5-18-9-16(8-14(18)22)10-19(13(4)21)6-7-20(11-16)15(23)17-12(2)3/h12H,5-11H2,1-4H3,(H,17,23)/t16-/m1/s1. The number of rotatable bonds is 2. The van der Waals surface area contributed by atoms with Crippen molar-refractivity contribution >= 4 is 17.8 Å². The van der Waals surface area contributed by atoms with Crippen molar-refractivity contribution in [1.29, 1.82) is 0 Å². The molecule has 0 unspecified atom stereocenters. The van der Waals surface area contributed by atoms with Crippen LogP contribution in [-0.2, 0) is 9.59 Å². The van der Waals surface area contributed by atoms with E-state index in [1.165, 1.54) is 0 Å². The lowest BCUT2D eigenvalue weighted by molar-refractivity contribution is -0.130. The molecule has 2 aliphatic rings. The quantitative estimate of drug-likeness (QED) is 0.804. The average molecular weight is 324 g/mol. The molecule has 0 bridgehead atoms. The number of nitrogens with zero attached hydrogens (tertiary/aromatic N) is 3. The largest absolute Gasteiger partial charge is 0.342 e. The van der Waals surface area contributed by atoms with Crippen molar-refractivity contribution in [3.63, 3.8) is 0 Å². The Labute approximate surface area is 138 Å². The molecule has 2 fully saturated rings. The zero-order valence-electron chi connectivity index (χ0n) is 14.6. The second-order valence-electron chi connectivity index (χ2n) is 7.05. The molecule has 23 heavy (non-hydrogen) atoms. The number of hydrogen-bond donors (Lipinski definition) is 1. The maximum Gasteiger partial charge on any atom is 0.317 e. The van der Waals surface area contributed by atoms with E-state index in [-0.39, 0.29) is 29.3 Å². The van der Waals surface area contributed by atoms with E-state index in [9.17, 15) is 14.4 Å². The predicted octanol–water partition coefficient (Wildman–Crippen LogP) is 0.507. The van der Waals surface area contributed by atoms with E-state index >= 15 is 0 Å². The molecule has 0 saturated carbocycles. The topological polar surface area (TPSA) is 73.0 Å². The molecule has 0 aromatic carbocycles. The van der Waals surface area contributed by atoms with E-state index in [4.69, 9.17) is 0 Å². The number of likely N-dealkylation sites (tertiary alicyclic amines) is 1. The highest BCUT2D eigenvalue weighted by atomic mass is 16.2. The van der Waals surface area contributed by atoms with E-state index in [1.54, 1.807) is 16.7 Å². The first kappa shape index (κ1) is 17.6. The van der Waals surface area contributed by atoms with E-state index in [0.717, 1.165) is 0 Å². The molecule has 0 radical (unpaired) electrons. The van der Waals surface area contributed by atoms with Crippen LogP contribution < -0.4 is 5.32 Å². The summed E-state index contributed by atoms with van der Waals surface area (Å²) in [6.45, 7) is 10.7. The first-order valence-corrected chi connectivity index (χ1v) is 8.35. The second-order valence-corrected chi connectivity index (χ2v) is 7.05. The zero-order valence-corrected chi connectivity index (χ0v) is 14.6. The van der Waals surface area contributed by atoms with Crippen molar-refractivity contribution in [1.82, 2.24) is 20.0 Å². The van der Waals surface area contributed by atoms with Crippen LogP contribution in [0.15, 0.2) is 0 Å². The summed E-state index contributed by atoms with van der Waals surface area (Å²) < 4.78 is 0. The molecule has 2 saturated heterocycles. The summed E-state index contributed by atoms with van der Waals surface area (Å²) in [5.74, 6) is 0.111. The minimum Gasteiger partial charge on any atom is -0.342 e. The molecule has 1 N–H and O–H groups in total. The molecule has 0 aromatic heterocycles. The summed E-state index contributed by atoms with van der Waals surface area (Å²) >= 11 is 0. The molecule has 7 nitrogen and oxygen atoms in total. The number of carbonyl (C=O) groups is 3. The summed E-state index contributed by atoms with van der Waals surface area (Å²) in [6, 6.07) is -0.0601. The third-order valence-electron chi connectivity index (χ3n) is 4.62. The highest BCUT2D eigenvalue weighted by Crippen LogP contribution is 2.35. The maximum absolute atomic E-state index is 12.4. The molecule has 2 aliphatic heterocycles. The van der Waals surface area contributed by atoms with Crippen LogP contribution in [-0.4, -0.2) is 77.9 Å². The molecular weight excluding hydrogens is 296 g/mol. The first-order valence-electron chi connectivity index (χ1n) is 8.35. The summed E-state index contributed by atoms with van der Waals surface area (Å²) in [5, 5.41) is 2.91. The number of nitrogens with one attached hydrogen (secondary N) is 1. The Bertz CT molecular complexity index is 494. The molecule has 1 atom stereocenters. The number of amides is 4. The Hall–Kier alpha value is -1.79. The minimum atomic E-state index is -0.358. The van der Waals surface area contributed by atoms with Crippen molar-refractivity contribution in [3.05, 3.63) is 0 Å². The van der Waals surface area contributed by atoms with Crippen molar-refractivity contribution in [2.75, 3.05) is 39.3 Å². The Morgan fingerprint density at radius 3 is 2.30 bits per heavy atom. The molecule has 4 amide bonds. The van der Waals surface area contributed by atoms with Crippen molar-refractivity contribution in [2.24, 2.45) is 5.41 Å². The van der Waals surface area contributed by atoms with Crippen LogP contribution in [0, 0.1) is 5.41 Å². The van der Waals surface area contributed by atoms with Gasteiger partial charge in [0.15, 0.2) is 0 Å². The van der Waals surface area contributed by atoms with Gasteiger partial charge < -0.3 is 20.0 Å². The van der Waals surface area contributed by atoms with Crippen LogP contribution in [0.3, 0.4) is 0 Å². The summed E-state index contributed by atoms with van der Waals surface area (Å²) in [4.78, 5) is 41.9. The van der Waals surface area contributed by atoms with E-state index < -0.39 is 0 Å². The zero-order chi connectivity index (χ0) is 17.2. The molecule has 2 rings (SSSR count). The fourth-order valence-corrected chi connectivity index (χ4v) is 3.52. The van der Waals surface area contributed by atoms with Crippen molar-refractivity contribution in [3.8, 4) is 0 Å². The minimum absolute atomic E-state index is 0.00195. The summed E-state index contributed by atoms with van der Waals surface area (Å²) in [7, 11) is 0. The van der Waals surface area contributed by atoms with Gasteiger partial charge in [0.25, 0.3) is 0 Å².